The fourth-order valence-corrected chi connectivity index (χ4v) is 2.87. The number of anilines is 1. The molecule has 0 aromatic carbocycles. The molecule has 3 rings (SSSR count). The summed E-state index contributed by atoms with van der Waals surface area (Å²) in [5.74, 6) is 1.58. The number of rotatable bonds is 5. The van der Waals surface area contributed by atoms with E-state index < -0.39 is 0 Å². The second-order valence-corrected chi connectivity index (χ2v) is 6.19. The highest BCUT2D eigenvalue weighted by molar-refractivity contribution is 5.33. The maximum Gasteiger partial charge on any atom is 0.225 e. The lowest BCUT2D eigenvalue weighted by Crippen LogP contribution is -2.34. The standard InChI is InChI=1S/C15H24N4/c1-11(2)14-4-3-7-19(14)15-17-9-12(10-18-15)8-16-13-5-6-13/h9-11,13-14,16H,3-8H2,1-2H3. The third-order valence-electron chi connectivity index (χ3n) is 4.19. The highest BCUT2D eigenvalue weighted by Crippen LogP contribution is 2.27. The summed E-state index contributed by atoms with van der Waals surface area (Å²) < 4.78 is 0. The van der Waals surface area contributed by atoms with Crippen LogP contribution in [0.4, 0.5) is 5.95 Å². The first-order valence-electron chi connectivity index (χ1n) is 7.55. The Morgan fingerprint density at radius 1 is 1.26 bits per heavy atom. The molecule has 1 atom stereocenters. The van der Waals surface area contributed by atoms with Crippen molar-refractivity contribution in [1.29, 1.82) is 0 Å². The number of nitrogens with zero attached hydrogens (tertiary/aromatic N) is 3. The minimum atomic E-state index is 0.607. The minimum absolute atomic E-state index is 0.607. The van der Waals surface area contributed by atoms with Crippen LogP contribution >= 0.6 is 0 Å². The van der Waals surface area contributed by atoms with Crippen LogP contribution in [0.25, 0.3) is 0 Å². The van der Waals surface area contributed by atoms with E-state index in [9.17, 15) is 0 Å². The summed E-state index contributed by atoms with van der Waals surface area (Å²) >= 11 is 0. The first kappa shape index (κ1) is 12.9. The summed E-state index contributed by atoms with van der Waals surface area (Å²) in [7, 11) is 0. The first-order valence-corrected chi connectivity index (χ1v) is 7.55. The van der Waals surface area contributed by atoms with Crippen molar-refractivity contribution in [1.82, 2.24) is 15.3 Å². The Bertz CT molecular complexity index is 411. The monoisotopic (exact) mass is 260 g/mol. The number of hydrogen-bond acceptors (Lipinski definition) is 4. The van der Waals surface area contributed by atoms with Gasteiger partial charge in [0, 0.05) is 43.1 Å². The molecule has 1 saturated carbocycles. The number of hydrogen-bond donors (Lipinski definition) is 1. The Morgan fingerprint density at radius 2 is 2.00 bits per heavy atom. The second kappa shape index (κ2) is 5.45. The van der Waals surface area contributed by atoms with E-state index in [4.69, 9.17) is 0 Å². The van der Waals surface area contributed by atoms with Crippen molar-refractivity contribution >= 4 is 5.95 Å². The highest BCUT2D eigenvalue weighted by atomic mass is 15.3. The zero-order valence-electron chi connectivity index (χ0n) is 12.0. The van der Waals surface area contributed by atoms with Crippen LogP contribution in [-0.4, -0.2) is 28.6 Å². The molecule has 19 heavy (non-hydrogen) atoms. The van der Waals surface area contributed by atoms with Gasteiger partial charge in [-0.3, -0.25) is 0 Å². The van der Waals surface area contributed by atoms with Crippen LogP contribution in [0.2, 0.25) is 0 Å². The van der Waals surface area contributed by atoms with Gasteiger partial charge in [0.15, 0.2) is 0 Å². The summed E-state index contributed by atoms with van der Waals surface area (Å²) in [6.45, 7) is 6.58. The summed E-state index contributed by atoms with van der Waals surface area (Å²) in [5.41, 5.74) is 1.19. The Balaban J connectivity index is 1.63. The normalized spacial score (nSPS) is 23.3. The van der Waals surface area contributed by atoms with E-state index in [-0.39, 0.29) is 0 Å². The van der Waals surface area contributed by atoms with Gasteiger partial charge in [-0.15, -0.1) is 0 Å². The van der Waals surface area contributed by atoms with Crippen LogP contribution in [0.1, 0.15) is 45.1 Å². The van der Waals surface area contributed by atoms with Gasteiger partial charge in [0.05, 0.1) is 0 Å². The lowest BCUT2D eigenvalue weighted by Gasteiger charge is -2.27. The van der Waals surface area contributed by atoms with Crippen LogP contribution in [0.15, 0.2) is 12.4 Å². The molecule has 1 aromatic rings. The predicted molar refractivity (Wildman–Crippen MR) is 77.1 cm³/mol. The zero-order chi connectivity index (χ0) is 13.2. The van der Waals surface area contributed by atoms with E-state index >= 15 is 0 Å². The van der Waals surface area contributed by atoms with Gasteiger partial charge in [-0.1, -0.05) is 13.8 Å². The molecule has 2 aliphatic rings. The van der Waals surface area contributed by atoms with Gasteiger partial charge in [-0.05, 0) is 31.6 Å². The van der Waals surface area contributed by atoms with E-state index in [1.165, 1.54) is 31.2 Å². The molecule has 4 nitrogen and oxygen atoms in total. The third-order valence-corrected chi connectivity index (χ3v) is 4.19. The largest absolute Gasteiger partial charge is 0.338 e. The Morgan fingerprint density at radius 3 is 2.63 bits per heavy atom. The summed E-state index contributed by atoms with van der Waals surface area (Å²) in [5, 5.41) is 3.50. The fraction of sp³-hybridized carbons (Fsp3) is 0.733. The Labute approximate surface area is 115 Å². The van der Waals surface area contributed by atoms with Gasteiger partial charge >= 0.3 is 0 Å². The average molecular weight is 260 g/mol. The Kier molecular flexibility index (Phi) is 3.69. The summed E-state index contributed by atoms with van der Waals surface area (Å²) in [6, 6.07) is 1.35. The minimum Gasteiger partial charge on any atom is -0.338 e. The first-order chi connectivity index (χ1) is 9.24. The van der Waals surface area contributed by atoms with Crippen LogP contribution in [0.3, 0.4) is 0 Å². The van der Waals surface area contributed by atoms with Crippen molar-refractivity contribution in [2.24, 2.45) is 5.92 Å². The molecule has 0 radical (unpaired) electrons. The molecule has 1 aliphatic carbocycles. The SMILES string of the molecule is CC(C)C1CCCN1c1ncc(CNC2CC2)cn1. The summed E-state index contributed by atoms with van der Waals surface area (Å²) in [6.07, 6.45) is 9.13. The molecule has 1 N–H and O–H groups in total. The van der Waals surface area contributed by atoms with Crippen LogP contribution in [-0.2, 0) is 6.54 Å². The molecule has 2 heterocycles. The van der Waals surface area contributed by atoms with Gasteiger partial charge < -0.3 is 10.2 Å². The molecule has 2 fully saturated rings. The van der Waals surface area contributed by atoms with Crippen LogP contribution in [0, 0.1) is 5.92 Å². The lowest BCUT2D eigenvalue weighted by molar-refractivity contribution is 0.487. The molecular weight excluding hydrogens is 236 g/mol. The number of nitrogens with one attached hydrogen (secondary N) is 1. The molecule has 0 amide bonds. The molecule has 0 spiro atoms. The van der Waals surface area contributed by atoms with Gasteiger partial charge in [0.2, 0.25) is 5.95 Å². The van der Waals surface area contributed by atoms with Crippen LogP contribution in [0.5, 0.6) is 0 Å². The third kappa shape index (κ3) is 3.06. The van der Waals surface area contributed by atoms with E-state index in [1.807, 2.05) is 12.4 Å². The molecule has 1 saturated heterocycles. The molecule has 1 unspecified atom stereocenters. The number of aromatic nitrogens is 2. The van der Waals surface area contributed by atoms with Gasteiger partial charge in [0.1, 0.15) is 0 Å². The topological polar surface area (TPSA) is 41.1 Å². The quantitative estimate of drug-likeness (QED) is 0.882. The molecule has 0 bridgehead atoms. The molecule has 4 heteroatoms. The zero-order valence-corrected chi connectivity index (χ0v) is 12.0. The van der Waals surface area contributed by atoms with Crippen molar-refractivity contribution in [3.63, 3.8) is 0 Å². The fourth-order valence-electron chi connectivity index (χ4n) is 2.87. The predicted octanol–water partition coefficient (Wildman–Crippen LogP) is 2.35. The lowest BCUT2D eigenvalue weighted by atomic mass is 10.0. The van der Waals surface area contributed by atoms with Crippen molar-refractivity contribution in [2.45, 2.75) is 58.2 Å². The molecule has 104 valence electrons. The molecule has 1 aliphatic heterocycles. The van der Waals surface area contributed by atoms with Crippen molar-refractivity contribution in [3.05, 3.63) is 18.0 Å². The van der Waals surface area contributed by atoms with E-state index in [2.05, 4.69) is 34.0 Å². The Hall–Kier alpha value is -1.16. The van der Waals surface area contributed by atoms with Gasteiger partial charge in [-0.25, -0.2) is 9.97 Å². The van der Waals surface area contributed by atoms with Crippen molar-refractivity contribution in [3.8, 4) is 0 Å². The van der Waals surface area contributed by atoms with E-state index in [0.29, 0.717) is 12.0 Å². The highest BCUT2D eigenvalue weighted by Gasteiger charge is 2.28. The van der Waals surface area contributed by atoms with Crippen molar-refractivity contribution < 1.29 is 0 Å². The van der Waals surface area contributed by atoms with Gasteiger partial charge in [-0.2, -0.15) is 0 Å². The average Bonchev–Trinajstić information content (AvgIpc) is 3.11. The second-order valence-electron chi connectivity index (χ2n) is 6.19. The molecule has 1 aromatic heterocycles. The summed E-state index contributed by atoms with van der Waals surface area (Å²) in [4.78, 5) is 11.5. The van der Waals surface area contributed by atoms with Gasteiger partial charge in [0.25, 0.3) is 0 Å². The van der Waals surface area contributed by atoms with Crippen LogP contribution < -0.4 is 10.2 Å². The smallest absolute Gasteiger partial charge is 0.225 e. The molecular formula is C15H24N4. The van der Waals surface area contributed by atoms with E-state index in [0.717, 1.165) is 25.1 Å². The maximum atomic E-state index is 4.57. The maximum absolute atomic E-state index is 4.57. The van der Waals surface area contributed by atoms with Crippen molar-refractivity contribution in [2.75, 3.05) is 11.4 Å². The van der Waals surface area contributed by atoms with E-state index in [1.54, 1.807) is 0 Å².